The molecule has 6 nitrogen and oxygen atoms in total. The van der Waals surface area contributed by atoms with Gasteiger partial charge in [-0.15, -0.1) is 11.3 Å². The van der Waals surface area contributed by atoms with Crippen molar-refractivity contribution in [2.75, 3.05) is 22.9 Å². The second-order valence-electron chi connectivity index (χ2n) is 7.35. The van der Waals surface area contributed by atoms with Gasteiger partial charge >= 0.3 is 0 Å². The van der Waals surface area contributed by atoms with E-state index in [-0.39, 0.29) is 12.5 Å². The fraction of sp³-hybridized carbons (Fsp3) is 0.167. The molecule has 0 saturated carbocycles. The van der Waals surface area contributed by atoms with Gasteiger partial charge < -0.3 is 5.32 Å². The summed E-state index contributed by atoms with van der Waals surface area (Å²) in [7, 11) is -3.48. The van der Waals surface area contributed by atoms with Crippen LogP contribution in [0, 0.1) is 0 Å². The van der Waals surface area contributed by atoms with Gasteiger partial charge in [-0.1, -0.05) is 54.2 Å². The molecular weight excluding hydrogens is 474 g/mol. The molecule has 170 valence electrons. The highest BCUT2D eigenvalue weighted by Gasteiger charge is 2.18. The minimum absolute atomic E-state index is 0.194. The molecule has 1 amide bonds. The van der Waals surface area contributed by atoms with Gasteiger partial charge in [0.2, 0.25) is 10.0 Å². The second-order valence-corrected chi connectivity index (χ2v) is 11.6. The summed E-state index contributed by atoms with van der Waals surface area (Å²) in [5.41, 5.74) is 2.88. The molecule has 0 fully saturated rings. The van der Waals surface area contributed by atoms with Crippen molar-refractivity contribution in [2.24, 2.45) is 0 Å². The summed E-state index contributed by atoms with van der Waals surface area (Å²) in [5, 5.41) is 2.91. The van der Waals surface area contributed by atoms with Crippen LogP contribution in [0.4, 0.5) is 5.69 Å². The Labute approximate surface area is 201 Å². The number of nitrogens with zero attached hydrogens (tertiary/aromatic N) is 2. The highest BCUT2D eigenvalue weighted by molar-refractivity contribution is 8.01. The summed E-state index contributed by atoms with van der Waals surface area (Å²) in [6.45, 7) is 0.735. The Morgan fingerprint density at radius 2 is 1.70 bits per heavy atom. The molecule has 0 unspecified atom stereocenters. The number of benzene rings is 3. The number of hydrogen-bond acceptors (Lipinski definition) is 6. The molecule has 4 aromatic rings. The van der Waals surface area contributed by atoms with Gasteiger partial charge in [-0.3, -0.25) is 9.10 Å². The molecule has 0 bridgehead atoms. The van der Waals surface area contributed by atoms with E-state index < -0.39 is 10.0 Å². The van der Waals surface area contributed by atoms with Gasteiger partial charge in [-0.25, -0.2) is 13.4 Å². The van der Waals surface area contributed by atoms with Gasteiger partial charge in [-0.05, 0) is 42.0 Å². The van der Waals surface area contributed by atoms with Crippen LogP contribution in [0.25, 0.3) is 10.2 Å². The fourth-order valence-electron chi connectivity index (χ4n) is 3.25. The number of fused-ring (bicyclic) bond motifs is 1. The lowest BCUT2D eigenvalue weighted by atomic mass is 10.2. The number of carbonyl (C=O) groups is 1. The number of thiazole rings is 1. The van der Waals surface area contributed by atoms with Crippen LogP contribution in [-0.2, 0) is 16.6 Å². The van der Waals surface area contributed by atoms with Crippen LogP contribution >= 0.6 is 23.1 Å². The molecule has 0 radical (unpaired) electrons. The van der Waals surface area contributed by atoms with Crippen LogP contribution in [0.3, 0.4) is 0 Å². The normalized spacial score (nSPS) is 11.4. The van der Waals surface area contributed by atoms with Gasteiger partial charge in [0.25, 0.3) is 5.91 Å². The molecule has 0 saturated heterocycles. The van der Waals surface area contributed by atoms with Crippen molar-refractivity contribution >= 4 is 54.9 Å². The third-order valence-corrected chi connectivity index (χ3v) is 8.20. The average Bonchev–Trinajstić information content (AvgIpc) is 3.23. The molecule has 9 heteroatoms. The third kappa shape index (κ3) is 6.13. The van der Waals surface area contributed by atoms with E-state index in [4.69, 9.17) is 0 Å². The highest BCUT2D eigenvalue weighted by atomic mass is 32.2. The summed E-state index contributed by atoms with van der Waals surface area (Å²) in [6, 6.07) is 24.0. The van der Waals surface area contributed by atoms with E-state index in [1.54, 1.807) is 47.4 Å². The van der Waals surface area contributed by atoms with Gasteiger partial charge in [0.15, 0.2) is 4.34 Å². The number of anilines is 1. The molecule has 3 aromatic carbocycles. The molecule has 0 atom stereocenters. The van der Waals surface area contributed by atoms with Crippen LogP contribution in [-0.4, -0.2) is 37.9 Å². The molecule has 1 aromatic heterocycles. The molecular formula is C24H23N3O3S3. The Hall–Kier alpha value is -2.88. The molecule has 4 rings (SSSR count). The van der Waals surface area contributed by atoms with Crippen LogP contribution in [0.15, 0.2) is 83.2 Å². The Balaban J connectivity index is 1.33. The van der Waals surface area contributed by atoms with E-state index in [9.17, 15) is 13.2 Å². The molecule has 33 heavy (non-hydrogen) atoms. The molecule has 1 N–H and O–H groups in total. The zero-order valence-electron chi connectivity index (χ0n) is 18.0. The number of sulfonamides is 1. The number of nitrogens with one attached hydrogen (secondary N) is 1. The van der Waals surface area contributed by atoms with Crippen LogP contribution in [0.5, 0.6) is 0 Å². The van der Waals surface area contributed by atoms with E-state index in [0.29, 0.717) is 23.5 Å². The Kier molecular flexibility index (Phi) is 7.32. The monoisotopic (exact) mass is 497 g/mol. The minimum atomic E-state index is -3.48. The first-order valence-corrected chi connectivity index (χ1v) is 13.9. The number of carbonyl (C=O) groups excluding carboxylic acids is 1. The van der Waals surface area contributed by atoms with E-state index in [2.05, 4.69) is 10.3 Å². The first-order chi connectivity index (χ1) is 15.9. The summed E-state index contributed by atoms with van der Waals surface area (Å²) in [6.07, 6.45) is 1.18. The molecule has 1 heterocycles. The smallest absolute Gasteiger partial charge is 0.251 e. The number of hydrogen-bond donors (Lipinski definition) is 1. The van der Waals surface area contributed by atoms with Crippen LogP contribution < -0.4 is 9.62 Å². The lowest BCUT2D eigenvalue weighted by Gasteiger charge is -2.22. The number of rotatable bonds is 9. The maximum atomic E-state index is 12.5. The molecule has 0 aliphatic heterocycles. The largest absolute Gasteiger partial charge is 0.351 e. The van der Waals surface area contributed by atoms with Gasteiger partial charge in [0, 0.05) is 17.9 Å². The topological polar surface area (TPSA) is 79.4 Å². The van der Waals surface area contributed by atoms with E-state index in [0.717, 1.165) is 20.1 Å². The number of amides is 1. The maximum absolute atomic E-state index is 12.5. The Bertz CT molecular complexity index is 1300. The van der Waals surface area contributed by atoms with Crippen molar-refractivity contribution < 1.29 is 13.2 Å². The Morgan fingerprint density at radius 3 is 2.39 bits per heavy atom. The SMILES string of the molecule is CS(=O)(=O)N(Cc1ccccc1)c1ccc(C(=O)NCCSc2nc3ccccc3s2)cc1. The predicted octanol–water partition coefficient (Wildman–Crippen LogP) is 4.78. The van der Waals surface area contributed by atoms with Gasteiger partial charge in [0.05, 0.1) is 28.7 Å². The van der Waals surface area contributed by atoms with Crippen molar-refractivity contribution in [2.45, 2.75) is 10.9 Å². The Morgan fingerprint density at radius 1 is 1.00 bits per heavy atom. The van der Waals surface area contributed by atoms with Gasteiger partial charge in [0.1, 0.15) is 0 Å². The zero-order chi connectivity index (χ0) is 23.3. The first kappa shape index (κ1) is 23.3. The lowest BCUT2D eigenvalue weighted by molar-refractivity contribution is 0.0956. The fourth-order valence-corrected chi connectivity index (χ4v) is 6.13. The predicted molar refractivity (Wildman–Crippen MR) is 137 cm³/mol. The van der Waals surface area contributed by atoms with Crippen molar-refractivity contribution in [3.63, 3.8) is 0 Å². The summed E-state index contributed by atoms with van der Waals surface area (Å²) < 4.78 is 28.2. The van der Waals surface area contributed by atoms with Crippen molar-refractivity contribution in [1.82, 2.24) is 10.3 Å². The summed E-state index contributed by atoms with van der Waals surface area (Å²) >= 11 is 3.26. The van der Waals surface area contributed by atoms with E-state index >= 15 is 0 Å². The van der Waals surface area contributed by atoms with Crippen LogP contribution in [0.2, 0.25) is 0 Å². The molecule has 0 aliphatic carbocycles. The number of aromatic nitrogens is 1. The standard InChI is InChI=1S/C24H23N3O3S3/c1-33(29,30)27(17-18-7-3-2-4-8-18)20-13-11-19(12-14-20)23(28)25-15-16-31-24-26-21-9-5-6-10-22(21)32-24/h2-14H,15-17H2,1H3,(H,25,28). The second kappa shape index (κ2) is 10.4. The molecule has 0 spiro atoms. The summed E-state index contributed by atoms with van der Waals surface area (Å²) in [5.74, 6) is 0.517. The van der Waals surface area contributed by atoms with Crippen LogP contribution in [0.1, 0.15) is 15.9 Å². The first-order valence-electron chi connectivity index (χ1n) is 10.3. The van der Waals surface area contributed by atoms with E-state index in [1.807, 2.05) is 54.6 Å². The minimum Gasteiger partial charge on any atom is -0.351 e. The third-order valence-electron chi connectivity index (χ3n) is 4.87. The van der Waals surface area contributed by atoms with Crippen molar-refractivity contribution in [3.05, 3.63) is 90.0 Å². The average molecular weight is 498 g/mol. The lowest BCUT2D eigenvalue weighted by Crippen LogP contribution is -2.29. The maximum Gasteiger partial charge on any atom is 0.251 e. The quantitative estimate of drug-likeness (QED) is 0.266. The van der Waals surface area contributed by atoms with E-state index in [1.165, 1.54) is 10.6 Å². The van der Waals surface area contributed by atoms with Crippen molar-refractivity contribution in [3.8, 4) is 0 Å². The zero-order valence-corrected chi connectivity index (χ0v) is 20.4. The number of thioether (sulfide) groups is 1. The number of para-hydroxylation sites is 1. The van der Waals surface area contributed by atoms with Gasteiger partial charge in [-0.2, -0.15) is 0 Å². The molecule has 0 aliphatic rings. The van der Waals surface area contributed by atoms with Crippen molar-refractivity contribution in [1.29, 1.82) is 0 Å². The highest BCUT2D eigenvalue weighted by Crippen LogP contribution is 2.29. The summed E-state index contributed by atoms with van der Waals surface area (Å²) in [4.78, 5) is 17.1.